The molecule has 20 heavy (non-hydrogen) atoms. The molecule has 2 aromatic heterocycles. The second-order valence-corrected chi connectivity index (χ2v) is 6.54. The summed E-state index contributed by atoms with van der Waals surface area (Å²) in [4.78, 5) is 5.97. The van der Waals surface area contributed by atoms with Gasteiger partial charge in [0, 0.05) is 23.5 Å². The zero-order chi connectivity index (χ0) is 14.1. The number of rotatable bonds is 4. The van der Waals surface area contributed by atoms with Crippen LogP contribution in [0.4, 0.5) is 5.69 Å². The van der Waals surface area contributed by atoms with Gasteiger partial charge in [-0.3, -0.25) is 0 Å². The molecule has 0 aliphatic carbocycles. The molecule has 0 aliphatic heterocycles. The molecule has 0 saturated heterocycles. The molecule has 104 valence electrons. The van der Waals surface area contributed by atoms with Crippen molar-refractivity contribution in [2.75, 3.05) is 5.73 Å². The van der Waals surface area contributed by atoms with Crippen molar-refractivity contribution in [3.05, 3.63) is 45.4 Å². The van der Waals surface area contributed by atoms with Crippen LogP contribution in [0.15, 0.2) is 30.3 Å². The average Bonchev–Trinajstić information content (AvgIpc) is 2.99. The zero-order valence-electron chi connectivity index (χ0n) is 11.3. The highest BCUT2D eigenvalue weighted by Crippen LogP contribution is 2.24. The molecule has 0 unspecified atom stereocenters. The minimum Gasteiger partial charge on any atom is -0.399 e. The number of nitrogens with two attached hydrogens (primary N) is 1. The van der Waals surface area contributed by atoms with Crippen LogP contribution in [0.1, 0.15) is 17.6 Å². The van der Waals surface area contributed by atoms with E-state index < -0.39 is 0 Å². The molecule has 0 spiro atoms. The molecule has 0 aliphatic rings. The predicted octanol–water partition coefficient (Wildman–Crippen LogP) is 4.14. The maximum Gasteiger partial charge on any atom is 0.109 e. The number of thiophene rings is 1. The topological polar surface area (TPSA) is 43.8 Å². The summed E-state index contributed by atoms with van der Waals surface area (Å²) in [5.74, 6) is 1.10. The molecule has 5 heteroatoms. The number of anilines is 1. The Labute approximate surface area is 127 Å². The normalized spacial score (nSPS) is 11.3. The Morgan fingerprint density at radius 1 is 1.30 bits per heavy atom. The molecule has 0 atom stereocenters. The van der Waals surface area contributed by atoms with Crippen LogP contribution in [-0.2, 0) is 19.4 Å². The Morgan fingerprint density at radius 3 is 2.85 bits per heavy atom. The summed E-state index contributed by atoms with van der Waals surface area (Å²) < 4.78 is 3.13. The summed E-state index contributed by atoms with van der Waals surface area (Å²) in [6, 6.07) is 9.97. The number of hydrogen-bond donors (Lipinski definition) is 1. The van der Waals surface area contributed by atoms with Crippen LogP contribution in [0, 0.1) is 0 Å². The standard InChI is InChI=1S/C15H16ClN3S/c1-2-15-18-12-9-10(17)3-5-13(12)19(15)8-7-11-4-6-14(16)20-11/h3-6,9H,2,7-8,17H2,1H3. The largest absolute Gasteiger partial charge is 0.399 e. The van der Waals surface area contributed by atoms with Crippen LogP contribution >= 0.6 is 22.9 Å². The van der Waals surface area contributed by atoms with Crippen LogP contribution in [0.5, 0.6) is 0 Å². The monoisotopic (exact) mass is 305 g/mol. The van der Waals surface area contributed by atoms with Gasteiger partial charge in [0.05, 0.1) is 15.4 Å². The highest BCUT2D eigenvalue weighted by Gasteiger charge is 2.10. The average molecular weight is 306 g/mol. The molecule has 3 rings (SSSR count). The summed E-state index contributed by atoms with van der Waals surface area (Å²) in [6.45, 7) is 3.05. The molecule has 0 amide bonds. The summed E-state index contributed by atoms with van der Waals surface area (Å²) >= 11 is 7.62. The van der Waals surface area contributed by atoms with Gasteiger partial charge in [-0.05, 0) is 36.8 Å². The van der Waals surface area contributed by atoms with Gasteiger partial charge in [-0.25, -0.2) is 4.98 Å². The quantitative estimate of drug-likeness (QED) is 0.736. The highest BCUT2D eigenvalue weighted by atomic mass is 35.5. The third-order valence-electron chi connectivity index (χ3n) is 3.38. The molecular weight excluding hydrogens is 290 g/mol. The van der Waals surface area contributed by atoms with Gasteiger partial charge in [0.15, 0.2) is 0 Å². The van der Waals surface area contributed by atoms with Crippen molar-refractivity contribution in [2.24, 2.45) is 0 Å². The molecule has 3 nitrogen and oxygen atoms in total. The first kappa shape index (κ1) is 13.5. The summed E-state index contributed by atoms with van der Waals surface area (Å²) in [5, 5.41) is 0. The van der Waals surface area contributed by atoms with Gasteiger partial charge in [0.25, 0.3) is 0 Å². The van der Waals surface area contributed by atoms with Crippen LogP contribution < -0.4 is 5.73 Å². The fraction of sp³-hybridized carbons (Fsp3) is 0.267. The van der Waals surface area contributed by atoms with Crippen molar-refractivity contribution in [1.29, 1.82) is 0 Å². The lowest BCUT2D eigenvalue weighted by molar-refractivity contribution is 0.679. The first-order chi connectivity index (χ1) is 9.67. The Morgan fingerprint density at radius 2 is 2.15 bits per heavy atom. The van der Waals surface area contributed by atoms with Gasteiger partial charge >= 0.3 is 0 Å². The number of nitrogens with zero attached hydrogens (tertiary/aromatic N) is 2. The van der Waals surface area contributed by atoms with Crippen molar-refractivity contribution < 1.29 is 0 Å². The summed E-state index contributed by atoms with van der Waals surface area (Å²) in [5.41, 5.74) is 8.72. The van der Waals surface area contributed by atoms with Gasteiger partial charge in [0.2, 0.25) is 0 Å². The fourth-order valence-electron chi connectivity index (χ4n) is 2.42. The first-order valence-corrected chi connectivity index (χ1v) is 7.85. The Balaban J connectivity index is 1.93. The Bertz CT molecular complexity index is 745. The second kappa shape index (κ2) is 5.46. The third-order valence-corrected chi connectivity index (χ3v) is 4.67. The third kappa shape index (κ3) is 2.53. The number of aryl methyl sites for hydroxylation is 3. The van der Waals surface area contributed by atoms with E-state index in [2.05, 4.69) is 28.6 Å². The minimum atomic E-state index is 0.759. The van der Waals surface area contributed by atoms with E-state index >= 15 is 0 Å². The van der Waals surface area contributed by atoms with Gasteiger partial charge in [-0.1, -0.05) is 18.5 Å². The molecule has 2 N–H and O–H groups in total. The number of imidazole rings is 1. The van der Waals surface area contributed by atoms with Crippen molar-refractivity contribution in [3.63, 3.8) is 0 Å². The molecule has 0 fully saturated rings. The summed E-state index contributed by atoms with van der Waals surface area (Å²) in [6.07, 6.45) is 1.89. The zero-order valence-corrected chi connectivity index (χ0v) is 12.8. The molecule has 3 aromatic rings. The molecule has 0 radical (unpaired) electrons. The van der Waals surface area contributed by atoms with Crippen molar-refractivity contribution in [3.8, 4) is 0 Å². The van der Waals surface area contributed by atoms with Gasteiger partial charge < -0.3 is 10.3 Å². The number of aromatic nitrogens is 2. The minimum absolute atomic E-state index is 0.759. The predicted molar refractivity (Wildman–Crippen MR) is 86.6 cm³/mol. The highest BCUT2D eigenvalue weighted by molar-refractivity contribution is 7.16. The van der Waals surface area contributed by atoms with E-state index in [1.54, 1.807) is 11.3 Å². The van der Waals surface area contributed by atoms with Crippen LogP contribution in [-0.4, -0.2) is 9.55 Å². The lowest BCUT2D eigenvalue weighted by Crippen LogP contribution is -2.04. The van der Waals surface area contributed by atoms with Crippen molar-refractivity contribution in [1.82, 2.24) is 9.55 Å². The Hall–Kier alpha value is -1.52. The van der Waals surface area contributed by atoms with E-state index in [0.717, 1.165) is 46.3 Å². The van der Waals surface area contributed by atoms with E-state index in [1.807, 2.05) is 18.2 Å². The van der Waals surface area contributed by atoms with Crippen LogP contribution in [0.2, 0.25) is 4.34 Å². The lowest BCUT2D eigenvalue weighted by Gasteiger charge is -2.07. The van der Waals surface area contributed by atoms with E-state index in [9.17, 15) is 0 Å². The number of halogens is 1. The number of benzene rings is 1. The van der Waals surface area contributed by atoms with Crippen LogP contribution in [0.3, 0.4) is 0 Å². The van der Waals surface area contributed by atoms with Gasteiger partial charge in [-0.15, -0.1) is 11.3 Å². The van der Waals surface area contributed by atoms with E-state index in [4.69, 9.17) is 17.3 Å². The van der Waals surface area contributed by atoms with Crippen molar-refractivity contribution in [2.45, 2.75) is 26.3 Å². The number of fused-ring (bicyclic) bond motifs is 1. The van der Waals surface area contributed by atoms with E-state index in [0.29, 0.717) is 0 Å². The second-order valence-electron chi connectivity index (χ2n) is 4.74. The van der Waals surface area contributed by atoms with Gasteiger partial charge in [-0.2, -0.15) is 0 Å². The molecule has 2 heterocycles. The Kier molecular flexibility index (Phi) is 3.68. The number of nitrogen functional groups attached to an aromatic ring is 1. The molecule has 0 bridgehead atoms. The fourth-order valence-corrected chi connectivity index (χ4v) is 3.50. The maximum absolute atomic E-state index is 5.98. The van der Waals surface area contributed by atoms with Crippen LogP contribution in [0.25, 0.3) is 11.0 Å². The summed E-state index contributed by atoms with van der Waals surface area (Å²) in [7, 11) is 0. The lowest BCUT2D eigenvalue weighted by atomic mass is 10.2. The number of hydrogen-bond acceptors (Lipinski definition) is 3. The SMILES string of the molecule is CCc1nc2cc(N)ccc2n1CCc1ccc(Cl)s1. The molecule has 0 saturated carbocycles. The first-order valence-electron chi connectivity index (χ1n) is 6.66. The molecule has 1 aromatic carbocycles. The molecular formula is C15H16ClN3S. The van der Waals surface area contributed by atoms with Crippen molar-refractivity contribution >= 4 is 39.7 Å². The van der Waals surface area contributed by atoms with E-state index in [1.165, 1.54) is 4.88 Å². The van der Waals surface area contributed by atoms with Gasteiger partial charge in [0.1, 0.15) is 5.82 Å². The van der Waals surface area contributed by atoms with E-state index in [-0.39, 0.29) is 0 Å². The maximum atomic E-state index is 5.98. The smallest absolute Gasteiger partial charge is 0.109 e.